The van der Waals surface area contributed by atoms with Crippen LogP contribution in [0.15, 0.2) is 18.3 Å². The largest absolute Gasteiger partial charge is 0.479 e. The van der Waals surface area contributed by atoms with Gasteiger partial charge in [0.15, 0.2) is 6.61 Å². The van der Waals surface area contributed by atoms with E-state index < -0.39 is 12.6 Å². The van der Waals surface area contributed by atoms with E-state index in [4.69, 9.17) is 10.4 Å². The Labute approximate surface area is 79.7 Å². The van der Waals surface area contributed by atoms with Crippen molar-refractivity contribution in [1.29, 1.82) is 5.26 Å². The maximum absolute atomic E-state index is 10.1. The highest BCUT2D eigenvalue weighted by Gasteiger charge is 1.97. The van der Waals surface area contributed by atoms with Crippen molar-refractivity contribution in [2.75, 3.05) is 12.1 Å². The molecule has 0 fully saturated rings. The Balaban J connectivity index is 2.45. The van der Waals surface area contributed by atoms with Gasteiger partial charge in [-0.3, -0.25) is 10.3 Å². The highest BCUT2D eigenvalue weighted by molar-refractivity contribution is 5.68. The van der Waals surface area contributed by atoms with Crippen LogP contribution in [0.5, 0.6) is 0 Å². The fourth-order valence-corrected chi connectivity index (χ4v) is 0.702. The lowest BCUT2D eigenvalue weighted by atomic mass is 10.3. The van der Waals surface area contributed by atoms with Crippen molar-refractivity contribution in [3.63, 3.8) is 0 Å². The van der Waals surface area contributed by atoms with Crippen molar-refractivity contribution >= 4 is 11.7 Å². The smallest absolute Gasteiger partial charge is 0.332 e. The molecule has 0 unspecified atom stereocenters. The minimum atomic E-state index is -1.07. The van der Waals surface area contributed by atoms with Gasteiger partial charge in [0.2, 0.25) is 0 Å². The molecule has 0 aliphatic heterocycles. The predicted molar refractivity (Wildman–Crippen MR) is 46.2 cm³/mol. The molecule has 1 heterocycles. The molecule has 14 heavy (non-hydrogen) atoms. The number of nitrogens with zero attached hydrogens (tertiary/aromatic N) is 2. The van der Waals surface area contributed by atoms with Gasteiger partial charge in [-0.25, -0.2) is 9.78 Å². The predicted octanol–water partition coefficient (Wildman–Crippen LogP) is 0.381. The standard InChI is InChI=1S/C8H7N3O3/c9-3-6-1-2-7(4-10-6)11-14-5-8(12)13/h1-2,4,11H,5H2,(H,12,13). The summed E-state index contributed by atoms with van der Waals surface area (Å²) < 4.78 is 0. The maximum Gasteiger partial charge on any atom is 0.332 e. The van der Waals surface area contributed by atoms with E-state index in [0.717, 1.165) is 0 Å². The molecule has 0 aliphatic carbocycles. The second-order valence-electron chi connectivity index (χ2n) is 2.33. The highest BCUT2D eigenvalue weighted by Crippen LogP contribution is 2.04. The Morgan fingerprint density at radius 2 is 2.50 bits per heavy atom. The number of nitrogens with one attached hydrogen (secondary N) is 1. The fourth-order valence-electron chi connectivity index (χ4n) is 0.702. The zero-order valence-corrected chi connectivity index (χ0v) is 7.10. The molecule has 1 rings (SSSR count). The molecule has 72 valence electrons. The number of aliphatic carboxylic acids is 1. The van der Waals surface area contributed by atoms with E-state index in [1.807, 2.05) is 6.07 Å². The van der Waals surface area contributed by atoms with E-state index in [9.17, 15) is 4.79 Å². The molecule has 0 spiro atoms. The molecular weight excluding hydrogens is 186 g/mol. The second-order valence-corrected chi connectivity index (χ2v) is 2.33. The molecule has 0 bridgehead atoms. The lowest BCUT2D eigenvalue weighted by Gasteiger charge is -2.03. The summed E-state index contributed by atoms with van der Waals surface area (Å²) in [5.41, 5.74) is 3.15. The van der Waals surface area contributed by atoms with Crippen molar-refractivity contribution in [2.24, 2.45) is 0 Å². The minimum Gasteiger partial charge on any atom is -0.479 e. The quantitative estimate of drug-likeness (QED) is 0.671. The third-order valence-corrected chi connectivity index (χ3v) is 1.26. The summed E-state index contributed by atoms with van der Waals surface area (Å²) in [5, 5.41) is 16.7. The van der Waals surface area contributed by atoms with Gasteiger partial charge in [0, 0.05) is 0 Å². The minimum absolute atomic E-state index is 0.286. The molecule has 0 atom stereocenters. The van der Waals surface area contributed by atoms with Crippen LogP contribution in [0, 0.1) is 11.3 Å². The van der Waals surface area contributed by atoms with Crippen molar-refractivity contribution in [3.8, 4) is 6.07 Å². The first-order valence-electron chi connectivity index (χ1n) is 3.68. The number of carboxylic acids is 1. The Morgan fingerprint density at radius 1 is 1.71 bits per heavy atom. The molecule has 6 heteroatoms. The van der Waals surface area contributed by atoms with Gasteiger partial charge in [0.05, 0.1) is 11.9 Å². The summed E-state index contributed by atoms with van der Waals surface area (Å²) in [7, 11) is 0. The Kier molecular flexibility index (Phi) is 3.41. The van der Waals surface area contributed by atoms with Gasteiger partial charge in [0.25, 0.3) is 0 Å². The molecule has 0 aromatic carbocycles. The van der Waals surface area contributed by atoms with Gasteiger partial charge in [-0.1, -0.05) is 0 Å². The van der Waals surface area contributed by atoms with E-state index in [2.05, 4.69) is 15.3 Å². The topological polar surface area (TPSA) is 95.2 Å². The number of hydrogen-bond donors (Lipinski definition) is 2. The van der Waals surface area contributed by atoms with E-state index in [0.29, 0.717) is 5.69 Å². The van der Waals surface area contributed by atoms with E-state index in [-0.39, 0.29) is 5.69 Å². The summed E-state index contributed by atoms with van der Waals surface area (Å²) in [6, 6.07) is 4.91. The number of nitriles is 1. The van der Waals surface area contributed by atoms with Crippen molar-refractivity contribution in [1.82, 2.24) is 4.98 Å². The Morgan fingerprint density at radius 3 is 3.00 bits per heavy atom. The number of carbonyl (C=O) groups is 1. The zero-order valence-electron chi connectivity index (χ0n) is 7.10. The van der Waals surface area contributed by atoms with Crippen molar-refractivity contribution in [2.45, 2.75) is 0 Å². The number of carboxylic acid groups (broad SMARTS) is 1. The molecule has 2 N–H and O–H groups in total. The molecule has 0 saturated heterocycles. The average Bonchev–Trinajstić information content (AvgIpc) is 2.18. The van der Waals surface area contributed by atoms with Gasteiger partial charge in [-0.05, 0) is 12.1 Å². The SMILES string of the molecule is N#Cc1ccc(NOCC(=O)O)cn1. The third kappa shape index (κ3) is 3.08. The van der Waals surface area contributed by atoms with Crippen molar-refractivity contribution < 1.29 is 14.7 Å². The molecule has 1 aromatic rings. The first kappa shape index (κ1) is 9.95. The molecule has 0 amide bonds. The van der Waals surface area contributed by atoms with Crippen molar-refractivity contribution in [3.05, 3.63) is 24.0 Å². The van der Waals surface area contributed by atoms with Gasteiger partial charge >= 0.3 is 5.97 Å². The molecule has 0 saturated carbocycles. The Bertz CT molecular complexity index is 355. The third-order valence-electron chi connectivity index (χ3n) is 1.26. The lowest BCUT2D eigenvalue weighted by molar-refractivity contribution is -0.141. The van der Waals surface area contributed by atoms with Crippen LogP contribution in [0.3, 0.4) is 0 Å². The normalized spacial score (nSPS) is 9.07. The van der Waals surface area contributed by atoms with Crippen LogP contribution in [-0.4, -0.2) is 22.7 Å². The molecule has 6 nitrogen and oxygen atoms in total. The fraction of sp³-hybridized carbons (Fsp3) is 0.125. The molecule has 1 aromatic heterocycles. The van der Waals surface area contributed by atoms with Gasteiger partial charge < -0.3 is 5.11 Å². The monoisotopic (exact) mass is 193 g/mol. The molecule has 0 aliphatic rings. The highest BCUT2D eigenvalue weighted by atomic mass is 16.7. The van der Waals surface area contributed by atoms with E-state index in [1.165, 1.54) is 12.3 Å². The molecule has 0 radical (unpaired) electrons. The first-order valence-corrected chi connectivity index (χ1v) is 3.68. The Hall–Kier alpha value is -2.13. The van der Waals surface area contributed by atoms with E-state index in [1.54, 1.807) is 6.07 Å². The summed E-state index contributed by atoms with van der Waals surface area (Å²) in [6.45, 7) is -0.444. The number of aromatic nitrogens is 1. The number of pyridine rings is 1. The summed E-state index contributed by atoms with van der Waals surface area (Å²) >= 11 is 0. The van der Waals surface area contributed by atoms with Crippen LogP contribution in [-0.2, 0) is 9.63 Å². The van der Waals surface area contributed by atoms with Crippen LogP contribution in [0.1, 0.15) is 5.69 Å². The summed E-state index contributed by atoms with van der Waals surface area (Å²) in [5.74, 6) is -1.07. The maximum atomic E-state index is 10.1. The molecular formula is C8H7N3O3. The van der Waals surface area contributed by atoms with Crippen LogP contribution in [0.25, 0.3) is 0 Å². The zero-order chi connectivity index (χ0) is 10.4. The van der Waals surface area contributed by atoms with Gasteiger partial charge in [0.1, 0.15) is 11.8 Å². The van der Waals surface area contributed by atoms with Crippen LogP contribution >= 0.6 is 0 Å². The van der Waals surface area contributed by atoms with Gasteiger partial charge in [-0.15, -0.1) is 0 Å². The van der Waals surface area contributed by atoms with E-state index >= 15 is 0 Å². The second kappa shape index (κ2) is 4.79. The van der Waals surface area contributed by atoms with Gasteiger partial charge in [-0.2, -0.15) is 5.26 Å². The summed E-state index contributed by atoms with van der Waals surface area (Å²) in [4.78, 5) is 18.4. The number of anilines is 1. The van der Waals surface area contributed by atoms with Crippen LogP contribution in [0.4, 0.5) is 5.69 Å². The summed E-state index contributed by atoms with van der Waals surface area (Å²) in [6.07, 6.45) is 1.38. The van der Waals surface area contributed by atoms with Crippen LogP contribution in [0.2, 0.25) is 0 Å². The number of hydrogen-bond acceptors (Lipinski definition) is 5. The lowest BCUT2D eigenvalue weighted by Crippen LogP contribution is -2.11. The average molecular weight is 193 g/mol. The first-order chi connectivity index (χ1) is 6.72. The van der Waals surface area contributed by atoms with Crippen LogP contribution < -0.4 is 5.48 Å². The number of rotatable bonds is 4.